The summed E-state index contributed by atoms with van der Waals surface area (Å²) in [5.41, 5.74) is 0. The molecule has 0 unspecified atom stereocenters. The minimum absolute atomic E-state index is 0.221. The van der Waals surface area contributed by atoms with Gasteiger partial charge in [0.15, 0.2) is 0 Å². The summed E-state index contributed by atoms with van der Waals surface area (Å²) in [6.45, 7) is 1.19. The number of rotatable bonds is 4. The summed E-state index contributed by atoms with van der Waals surface area (Å²) in [5, 5.41) is -3.78. The molecule has 5 heteroatoms. The molecule has 0 aliphatic carbocycles. The van der Waals surface area contributed by atoms with Gasteiger partial charge < -0.3 is 4.74 Å². The second-order valence-electron chi connectivity index (χ2n) is 1.56. The van der Waals surface area contributed by atoms with Crippen molar-refractivity contribution in [2.75, 3.05) is 13.2 Å². The van der Waals surface area contributed by atoms with Crippen molar-refractivity contribution >= 4 is 17.4 Å². The quantitative estimate of drug-likeness (QED) is 0.600. The van der Waals surface area contributed by atoms with Crippen LogP contribution >= 0.6 is 11.6 Å². The first kappa shape index (κ1) is 9.78. The summed E-state index contributed by atoms with van der Waals surface area (Å²) in [4.78, 5) is 10.2. The molecule has 0 aromatic heterocycles. The highest BCUT2D eigenvalue weighted by molar-refractivity contribution is 6.32. The fourth-order valence-corrected chi connectivity index (χ4v) is 0.331. The van der Waals surface area contributed by atoms with Crippen LogP contribution in [0.3, 0.4) is 0 Å². The van der Waals surface area contributed by atoms with E-state index in [-0.39, 0.29) is 6.61 Å². The average Bonchev–Trinajstić information content (AvgIpc) is 1.80. The highest BCUT2D eigenvalue weighted by atomic mass is 35.5. The Labute approximate surface area is 62.1 Å². The van der Waals surface area contributed by atoms with Crippen molar-refractivity contribution in [1.82, 2.24) is 0 Å². The first-order valence-corrected chi connectivity index (χ1v) is 3.04. The van der Waals surface area contributed by atoms with Gasteiger partial charge in [0.2, 0.25) is 5.78 Å². The molecule has 0 saturated carbocycles. The van der Waals surface area contributed by atoms with E-state index in [4.69, 9.17) is 0 Å². The zero-order valence-electron chi connectivity index (χ0n) is 5.36. The second kappa shape index (κ2) is 3.83. The highest BCUT2D eigenvalue weighted by Gasteiger charge is 2.34. The number of ether oxygens (including phenoxy) is 1. The number of Topliss-reactive ketones (excluding diaryl/α,β-unsaturated/α-hetero) is 1. The molecule has 0 aromatic rings. The van der Waals surface area contributed by atoms with E-state index < -0.39 is 17.8 Å². The molecule has 0 bridgehead atoms. The lowest BCUT2D eigenvalue weighted by atomic mass is 10.4. The van der Waals surface area contributed by atoms with Crippen LogP contribution in [0.1, 0.15) is 6.92 Å². The maximum atomic E-state index is 11.8. The third-order valence-electron chi connectivity index (χ3n) is 0.753. The summed E-state index contributed by atoms with van der Waals surface area (Å²) in [6.07, 6.45) is 0. The van der Waals surface area contributed by atoms with Gasteiger partial charge in [-0.15, -0.1) is 0 Å². The molecule has 60 valence electrons. The van der Waals surface area contributed by atoms with Crippen LogP contribution in [0.25, 0.3) is 0 Å². The molecule has 0 radical (unpaired) electrons. The molecule has 10 heavy (non-hydrogen) atoms. The number of alkyl halides is 3. The third-order valence-corrected chi connectivity index (χ3v) is 0.964. The largest absolute Gasteiger partial charge is 0.382 e. The number of hydrogen-bond acceptors (Lipinski definition) is 2. The predicted molar refractivity (Wildman–Crippen MR) is 32.3 cm³/mol. The van der Waals surface area contributed by atoms with Crippen LogP contribution in [0.2, 0.25) is 0 Å². The van der Waals surface area contributed by atoms with Crippen molar-refractivity contribution in [3.63, 3.8) is 0 Å². The van der Waals surface area contributed by atoms with E-state index in [1.54, 1.807) is 6.92 Å². The Morgan fingerprint density at radius 1 is 1.70 bits per heavy atom. The van der Waals surface area contributed by atoms with E-state index in [9.17, 15) is 13.6 Å². The van der Waals surface area contributed by atoms with Gasteiger partial charge in [0.25, 0.3) is 0 Å². The first-order valence-electron chi connectivity index (χ1n) is 2.66. The van der Waals surface area contributed by atoms with Crippen LogP contribution in [-0.2, 0) is 9.53 Å². The summed E-state index contributed by atoms with van der Waals surface area (Å²) in [5.74, 6) is -1.41. The van der Waals surface area contributed by atoms with Gasteiger partial charge in [0.1, 0.15) is 6.61 Å². The fourth-order valence-electron chi connectivity index (χ4n) is 0.277. The summed E-state index contributed by atoms with van der Waals surface area (Å²) >= 11 is 4.36. The molecule has 0 spiro atoms. The standard InChI is InChI=1S/C5H7ClF2O2/c1-2-10-3-4(9)5(6,7)8/h2-3H2,1H3. The molecule has 0 aliphatic rings. The molecular weight excluding hydrogens is 166 g/mol. The van der Waals surface area contributed by atoms with Crippen molar-refractivity contribution in [2.24, 2.45) is 0 Å². The van der Waals surface area contributed by atoms with Gasteiger partial charge in [-0.1, -0.05) is 0 Å². The summed E-state index contributed by atoms with van der Waals surface area (Å²) in [7, 11) is 0. The number of ketones is 1. The fraction of sp³-hybridized carbons (Fsp3) is 0.800. The molecule has 0 aromatic carbocycles. The van der Waals surface area contributed by atoms with Crippen molar-refractivity contribution in [3.8, 4) is 0 Å². The third kappa shape index (κ3) is 3.74. The monoisotopic (exact) mass is 172 g/mol. The van der Waals surface area contributed by atoms with Crippen LogP contribution in [0.4, 0.5) is 8.78 Å². The van der Waals surface area contributed by atoms with Crippen LogP contribution in [0.15, 0.2) is 0 Å². The van der Waals surface area contributed by atoms with Crippen LogP contribution in [0.5, 0.6) is 0 Å². The molecule has 0 aliphatic heterocycles. The normalized spacial score (nSPS) is 11.6. The van der Waals surface area contributed by atoms with E-state index in [1.165, 1.54) is 0 Å². The molecule has 0 atom stereocenters. The summed E-state index contributed by atoms with van der Waals surface area (Å²) < 4.78 is 28.0. The van der Waals surface area contributed by atoms with Gasteiger partial charge in [-0.3, -0.25) is 4.79 Å². The van der Waals surface area contributed by atoms with E-state index >= 15 is 0 Å². The minimum Gasteiger partial charge on any atom is -0.374 e. The Balaban J connectivity index is 3.64. The van der Waals surface area contributed by atoms with Gasteiger partial charge in [-0.25, -0.2) is 0 Å². The van der Waals surface area contributed by atoms with Gasteiger partial charge in [0.05, 0.1) is 0 Å². The Morgan fingerprint density at radius 2 is 2.20 bits per heavy atom. The number of hydrogen-bond donors (Lipinski definition) is 0. The van der Waals surface area contributed by atoms with Crippen molar-refractivity contribution in [1.29, 1.82) is 0 Å². The molecule has 2 nitrogen and oxygen atoms in total. The van der Waals surface area contributed by atoms with Crippen molar-refractivity contribution in [2.45, 2.75) is 12.3 Å². The van der Waals surface area contributed by atoms with Crippen LogP contribution in [0, 0.1) is 0 Å². The maximum absolute atomic E-state index is 11.8. The highest BCUT2D eigenvalue weighted by Crippen LogP contribution is 2.19. The van der Waals surface area contributed by atoms with E-state index in [2.05, 4.69) is 16.3 Å². The van der Waals surface area contributed by atoms with Gasteiger partial charge >= 0.3 is 5.38 Å². The van der Waals surface area contributed by atoms with Gasteiger partial charge in [0, 0.05) is 6.61 Å². The molecule has 0 amide bonds. The van der Waals surface area contributed by atoms with E-state index in [0.29, 0.717) is 0 Å². The molecule has 0 N–H and O–H groups in total. The lowest BCUT2D eigenvalue weighted by molar-refractivity contribution is -0.138. The molecule has 0 rings (SSSR count). The predicted octanol–water partition coefficient (Wildman–Crippen LogP) is 1.42. The first-order chi connectivity index (χ1) is 4.48. The van der Waals surface area contributed by atoms with Crippen LogP contribution < -0.4 is 0 Å². The van der Waals surface area contributed by atoms with Crippen molar-refractivity contribution < 1.29 is 18.3 Å². The van der Waals surface area contributed by atoms with Gasteiger partial charge in [-0.2, -0.15) is 8.78 Å². The van der Waals surface area contributed by atoms with Gasteiger partial charge in [-0.05, 0) is 18.5 Å². The Morgan fingerprint density at radius 3 is 2.50 bits per heavy atom. The number of carbonyl (C=O) groups is 1. The zero-order valence-corrected chi connectivity index (χ0v) is 6.12. The molecule has 0 heterocycles. The maximum Gasteiger partial charge on any atom is 0.382 e. The lowest BCUT2D eigenvalue weighted by Crippen LogP contribution is -2.26. The number of halogens is 3. The summed E-state index contributed by atoms with van der Waals surface area (Å²) in [6, 6.07) is 0. The SMILES string of the molecule is CCOCC(=O)C(F)(F)Cl. The smallest absolute Gasteiger partial charge is 0.374 e. The zero-order chi connectivity index (χ0) is 8.20. The second-order valence-corrected chi connectivity index (χ2v) is 2.03. The van der Waals surface area contributed by atoms with E-state index in [1.807, 2.05) is 0 Å². The molecule has 0 saturated heterocycles. The van der Waals surface area contributed by atoms with Crippen molar-refractivity contribution in [3.05, 3.63) is 0 Å². The molecular formula is C5H7ClF2O2. The average molecular weight is 173 g/mol. The Hall–Kier alpha value is -0.220. The Kier molecular flexibility index (Phi) is 3.75. The number of carbonyl (C=O) groups excluding carboxylic acids is 1. The lowest BCUT2D eigenvalue weighted by Gasteiger charge is -2.04. The van der Waals surface area contributed by atoms with Crippen LogP contribution in [-0.4, -0.2) is 24.4 Å². The Bertz CT molecular complexity index is 121. The minimum atomic E-state index is -3.78. The topological polar surface area (TPSA) is 26.3 Å². The van der Waals surface area contributed by atoms with E-state index in [0.717, 1.165) is 0 Å². The molecule has 0 fully saturated rings.